The first-order valence-corrected chi connectivity index (χ1v) is 28.9. The first-order chi connectivity index (χ1) is 37.8. The summed E-state index contributed by atoms with van der Waals surface area (Å²) in [5, 5.41) is 25.2. The van der Waals surface area contributed by atoms with Crippen LogP contribution in [0.5, 0.6) is 0 Å². The molecule has 0 spiro atoms. The predicted octanol–water partition coefficient (Wildman–Crippen LogP) is 8.00. The summed E-state index contributed by atoms with van der Waals surface area (Å²) < 4.78 is 8.59. The molecule has 0 bridgehead atoms. The molecule has 14 heteroatoms. The second kappa shape index (κ2) is 22.3. The van der Waals surface area contributed by atoms with Crippen LogP contribution >= 0.6 is 0 Å². The number of allylic oxidation sites excluding steroid dienone is 1. The number of hydrogen-bond donors (Lipinski definition) is 2. The fourth-order valence-electron chi connectivity index (χ4n) is 13.8. The maximum atomic E-state index is 14.9. The highest BCUT2D eigenvalue weighted by Crippen LogP contribution is 2.49. The number of nitrogens with zero attached hydrogens (tertiary/aromatic N) is 7. The number of Topliss-reactive ketones (excluding diaryl/α,β-unsaturated/α-hetero) is 2. The number of anilines is 1. The van der Waals surface area contributed by atoms with Gasteiger partial charge in [0.2, 0.25) is 17.1 Å². The van der Waals surface area contributed by atoms with Crippen molar-refractivity contribution >= 4 is 34.6 Å². The molecule has 4 aromatic carbocycles. The van der Waals surface area contributed by atoms with Gasteiger partial charge < -0.3 is 25.2 Å². The van der Waals surface area contributed by atoms with Gasteiger partial charge in [-0.2, -0.15) is 0 Å². The summed E-state index contributed by atoms with van der Waals surface area (Å²) in [4.78, 5) is 59.3. The Balaban J connectivity index is 0.808. The smallest absolute Gasteiger partial charge is 0.254 e. The topological polar surface area (TPSA) is 163 Å². The largest absolute Gasteiger partial charge is 0.384 e. The number of carbonyl (C=O) groups is 4. The van der Waals surface area contributed by atoms with Crippen molar-refractivity contribution in [2.45, 2.75) is 150 Å². The highest BCUT2D eigenvalue weighted by Gasteiger charge is 2.44. The number of rotatable bonds is 17. The zero-order valence-electron chi connectivity index (χ0n) is 48.3. The number of ether oxygens (including phenoxy) is 1. The van der Waals surface area contributed by atoms with Gasteiger partial charge in [0.25, 0.3) is 5.91 Å². The standard InChI is InChI=1S/C65H79N9O5/c1-11-74-53-35-51-49(34-48(53)40(2)36-64(74,6)7)57(50-33-44-17-14-29-73-30-15-20-47(60(44)73)59(50)65(51,8)9)45-18-12-13-19-46(45)62(78)72(10)28-16-21-56(77)66-27-32-79-31-26-52(58-54(75)37-63(4,5)38-55(58)76)67-39-42-22-24-43(25-23-42)61-70-68-41(3)69-71-61/h12-13,18-19,22-25,33-35,40H,11,14-17,20-21,26-32,36-39H2,1-10H3,(H-,66,67,75,76,77)/p+1. The van der Waals surface area contributed by atoms with E-state index in [4.69, 9.17) is 4.74 Å². The van der Waals surface area contributed by atoms with Crippen LogP contribution < -0.4 is 30.7 Å². The minimum atomic E-state index is -0.398. The lowest BCUT2D eigenvalue weighted by Gasteiger charge is -2.44. The molecule has 2 amide bonds. The average Bonchev–Trinajstić information content (AvgIpc) is 3.34. The molecule has 1 saturated carbocycles. The molecule has 2 aliphatic carbocycles. The molecule has 5 aromatic rings. The fraction of sp³-hybridized carbons (Fsp3) is 0.492. The molecule has 79 heavy (non-hydrogen) atoms. The van der Waals surface area contributed by atoms with Crippen LogP contribution in [-0.4, -0.2) is 107 Å². The van der Waals surface area contributed by atoms with E-state index in [-0.39, 0.29) is 72.4 Å². The van der Waals surface area contributed by atoms with E-state index in [1.165, 1.54) is 49.6 Å². The molecule has 2 N–H and O–H groups in total. The van der Waals surface area contributed by atoms with Gasteiger partial charge in [-0.15, -0.1) is 20.4 Å². The third kappa shape index (κ3) is 11.1. The second-order valence-corrected chi connectivity index (χ2v) is 24.7. The number of benzene rings is 4. The van der Waals surface area contributed by atoms with E-state index >= 15 is 0 Å². The Morgan fingerprint density at radius 1 is 0.848 bits per heavy atom. The molecule has 414 valence electrons. The van der Waals surface area contributed by atoms with Gasteiger partial charge >= 0.3 is 0 Å². The number of carbonyl (C=O) groups excluding carboxylic acids is 4. The molecule has 1 unspecified atom stereocenters. The molecule has 0 saturated heterocycles. The van der Waals surface area contributed by atoms with Crippen molar-refractivity contribution in [1.29, 1.82) is 0 Å². The molecule has 1 aromatic heterocycles. The molecular weight excluding hydrogens is 987 g/mol. The molecule has 3 aliphatic heterocycles. The Kier molecular flexibility index (Phi) is 15.6. The summed E-state index contributed by atoms with van der Waals surface area (Å²) in [6, 6.07) is 23.4. The van der Waals surface area contributed by atoms with Crippen LogP contribution in [0.1, 0.15) is 173 Å². The number of hydrogen-bond acceptors (Lipinski definition) is 11. The van der Waals surface area contributed by atoms with Gasteiger partial charge in [-0.25, -0.2) is 4.58 Å². The van der Waals surface area contributed by atoms with Crippen LogP contribution in [0, 0.1) is 12.3 Å². The minimum absolute atomic E-state index is 0.0268. The molecule has 10 rings (SSSR count). The predicted molar refractivity (Wildman–Crippen MR) is 309 cm³/mol. The van der Waals surface area contributed by atoms with E-state index in [1.54, 1.807) is 11.8 Å². The number of aromatic nitrogens is 4. The number of fused-ring (bicyclic) bond motifs is 4. The molecule has 1 fully saturated rings. The van der Waals surface area contributed by atoms with E-state index in [0.29, 0.717) is 61.3 Å². The summed E-state index contributed by atoms with van der Waals surface area (Å²) in [7, 11) is 1.84. The maximum Gasteiger partial charge on any atom is 0.254 e. The lowest BCUT2D eigenvalue weighted by Crippen LogP contribution is -2.53. The molecule has 1 atom stereocenters. The monoisotopic (exact) mass is 1070 g/mol. The van der Waals surface area contributed by atoms with E-state index < -0.39 is 5.41 Å². The lowest BCUT2D eigenvalue weighted by molar-refractivity contribution is -0.127. The van der Waals surface area contributed by atoms with Crippen LogP contribution in [0.4, 0.5) is 5.69 Å². The second-order valence-electron chi connectivity index (χ2n) is 24.7. The summed E-state index contributed by atoms with van der Waals surface area (Å²) in [5.41, 5.74) is 14.4. The molecular formula is C65H80N9O5+. The van der Waals surface area contributed by atoms with E-state index in [1.807, 2.05) is 57.3 Å². The summed E-state index contributed by atoms with van der Waals surface area (Å²) in [5.74, 6) is 0.775. The third-order valence-electron chi connectivity index (χ3n) is 17.4. The van der Waals surface area contributed by atoms with Crippen molar-refractivity contribution in [3.05, 3.63) is 144 Å². The lowest BCUT2D eigenvalue weighted by atomic mass is 9.64. The number of nitrogens with one attached hydrogen (secondary N) is 2. The van der Waals surface area contributed by atoms with Crippen molar-refractivity contribution in [3.8, 4) is 11.4 Å². The van der Waals surface area contributed by atoms with Gasteiger partial charge in [-0.3, -0.25) is 19.2 Å². The maximum absolute atomic E-state index is 14.9. The Morgan fingerprint density at radius 3 is 2.28 bits per heavy atom. The van der Waals surface area contributed by atoms with Gasteiger partial charge in [0, 0.05) is 111 Å². The first kappa shape index (κ1) is 55.4. The minimum Gasteiger partial charge on any atom is -0.384 e. The molecule has 5 aliphatic rings. The highest BCUT2D eigenvalue weighted by molar-refractivity contribution is 6.22. The number of aryl methyl sites for hydroxylation is 2. The Hall–Kier alpha value is -6.93. The van der Waals surface area contributed by atoms with Gasteiger partial charge in [-0.1, -0.05) is 77.1 Å². The van der Waals surface area contributed by atoms with E-state index in [9.17, 15) is 19.2 Å². The van der Waals surface area contributed by atoms with Crippen molar-refractivity contribution in [2.75, 3.05) is 57.9 Å². The van der Waals surface area contributed by atoms with Crippen LogP contribution in [0.15, 0.2) is 78.0 Å². The Bertz CT molecular complexity index is 3370. The molecule has 4 heterocycles. The van der Waals surface area contributed by atoms with Crippen LogP contribution in [0.3, 0.4) is 0 Å². The van der Waals surface area contributed by atoms with Gasteiger partial charge in [0.15, 0.2) is 22.9 Å². The number of ketones is 2. The van der Waals surface area contributed by atoms with Crippen LogP contribution in [0.2, 0.25) is 0 Å². The summed E-state index contributed by atoms with van der Waals surface area (Å²) in [6.07, 6.45) is 7.11. The quantitative estimate of drug-likeness (QED) is 0.0402. The Labute approximate surface area is 466 Å². The van der Waals surface area contributed by atoms with Gasteiger partial charge in [0.1, 0.15) is 6.54 Å². The zero-order valence-corrected chi connectivity index (χ0v) is 48.3. The SMILES string of the molecule is CC[N+]1=c2cc3c(cc2C(C)CC1(C)C)=C(c1ccccc1C(=O)N(C)CCCC(=O)NCCOCCC(NCc1ccc(-c2nnc(C)nn2)cc1)=C1C(=O)CC(C)(C)CC1=O)c1cc2c4c(c1C3(C)C)CCCN4CCC2. The highest BCUT2D eigenvalue weighted by atomic mass is 16.5. The average molecular weight is 1070 g/mol. The zero-order chi connectivity index (χ0) is 56.0. The molecule has 14 nitrogen and oxygen atoms in total. The van der Waals surface area contributed by atoms with E-state index in [0.717, 1.165) is 74.0 Å². The third-order valence-corrected chi connectivity index (χ3v) is 17.4. The Morgan fingerprint density at radius 2 is 1.56 bits per heavy atom. The fourth-order valence-corrected chi connectivity index (χ4v) is 13.8. The van der Waals surface area contributed by atoms with Crippen molar-refractivity contribution < 1.29 is 23.9 Å². The van der Waals surface area contributed by atoms with Gasteiger partial charge in [-0.05, 0) is 139 Å². The van der Waals surface area contributed by atoms with Crippen molar-refractivity contribution in [1.82, 2.24) is 40.5 Å². The normalized spacial score (nSPS) is 18.5. The first-order valence-electron chi connectivity index (χ1n) is 28.9. The van der Waals surface area contributed by atoms with Crippen LogP contribution in [0.25, 0.3) is 17.0 Å². The van der Waals surface area contributed by atoms with Crippen molar-refractivity contribution in [3.63, 3.8) is 0 Å². The van der Waals surface area contributed by atoms with Crippen LogP contribution in [-0.2, 0) is 43.9 Å². The number of amides is 2. The van der Waals surface area contributed by atoms with E-state index in [2.05, 4.69) is 112 Å². The summed E-state index contributed by atoms with van der Waals surface area (Å²) >= 11 is 0. The van der Waals surface area contributed by atoms with Crippen molar-refractivity contribution in [2.24, 2.45) is 5.41 Å². The molecule has 0 radical (unpaired) electrons. The van der Waals surface area contributed by atoms with Gasteiger partial charge in [0.05, 0.1) is 18.8 Å². The summed E-state index contributed by atoms with van der Waals surface area (Å²) in [6.45, 7) is 24.6.